The van der Waals surface area contributed by atoms with Crippen molar-refractivity contribution >= 4 is 63.4 Å². The number of aliphatic imine (C=N–C) groups is 2. The summed E-state index contributed by atoms with van der Waals surface area (Å²) in [4.78, 5) is 15.4. The Morgan fingerprint density at radius 1 is 0.710 bits per heavy atom. The van der Waals surface area contributed by atoms with Gasteiger partial charge in [-0.3, -0.25) is 4.90 Å². The minimum Gasteiger partial charge on any atom is -0.355 e. The standard InChI is InChI=1S/C24H21N5S2/c1-27(2)23(30)29-22(26-19-14-8-4-9-15-19)21(25-18-12-6-3-7-13-18)28(24(29)31)20-16-10-5-11-17-20/h3-17H,1-2H3. The molecule has 1 aliphatic heterocycles. The summed E-state index contributed by atoms with van der Waals surface area (Å²) in [5, 5.41) is 1.05. The van der Waals surface area contributed by atoms with Gasteiger partial charge in [0, 0.05) is 19.8 Å². The van der Waals surface area contributed by atoms with Gasteiger partial charge in [0.1, 0.15) is 0 Å². The molecule has 0 atom stereocenters. The number of anilines is 1. The Kier molecular flexibility index (Phi) is 6.16. The van der Waals surface area contributed by atoms with Crippen molar-refractivity contribution in [2.24, 2.45) is 9.98 Å². The summed E-state index contributed by atoms with van der Waals surface area (Å²) in [5.41, 5.74) is 2.49. The van der Waals surface area contributed by atoms with Gasteiger partial charge in [-0.15, -0.1) is 0 Å². The van der Waals surface area contributed by atoms with E-state index in [0.29, 0.717) is 21.9 Å². The molecule has 5 nitrogen and oxygen atoms in total. The van der Waals surface area contributed by atoms with E-state index < -0.39 is 0 Å². The van der Waals surface area contributed by atoms with E-state index in [4.69, 9.17) is 34.4 Å². The molecular formula is C24H21N5S2. The van der Waals surface area contributed by atoms with Crippen molar-refractivity contribution in [3.8, 4) is 0 Å². The second-order valence-electron chi connectivity index (χ2n) is 7.01. The van der Waals surface area contributed by atoms with E-state index in [2.05, 4.69) is 0 Å². The number of hydrogen-bond acceptors (Lipinski definition) is 4. The average molecular weight is 444 g/mol. The molecule has 4 rings (SSSR count). The zero-order valence-corrected chi connectivity index (χ0v) is 18.8. The zero-order valence-electron chi connectivity index (χ0n) is 17.2. The van der Waals surface area contributed by atoms with Gasteiger partial charge in [-0.25, -0.2) is 14.9 Å². The minimum atomic E-state index is 0.509. The summed E-state index contributed by atoms with van der Waals surface area (Å²) in [6.07, 6.45) is 0. The number of nitrogens with zero attached hydrogens (tertiary/aromatic N) is 5. The predicted molar refractivity (Wildman–Crippen MR) is 137 cm³/mol. The third-order valence-corrected chi connectivity index (χ3v) is 5.49. The first-order valence-electron chi connectivity index (χ1n) is 9.74. The minimum absolute atomic E-state index is 0.509. The molecule has 3 aromatic rings. The third kappa shape index (κ3) is 4.38. The number of para-hydroxylation sites is 3. The van der Waals surface area contributed by atoms with Gasteiger partial charge in [0.2, 0.25) is 0 Å². The van der Waals surface area contributed by atoms with Crippen LogP contribution in [-0.4, -0.2) is 45.8 Å². The summed E-state index contributed by atoms with van der Waals surface area (Å²) >= 11 is 11.6. The van der Waals surface area contributed by atoms with Crippen LogP contribution in [0.4, 0.5) is 17.1 Å². The second-order valence-corrected chi connectivity index (χ2v) is 7.74. The fourth-order valence-electron chi connectivity index (χ4n) is 3.11. The highest BCUT2D eigenvalue weighted by Gasteiger charge is 2.41. The molecule has 0 amide bonds. The summed E-state index contributed by atoms with van der Waals surface area (Å²) in [6.45, 7) is 0. The fourth-order valence-corrected chi connectivity index (χ4v) is 3.71. The molecule has 1 heterocycles. The van der Waals surface area contributed by atoms with Crippen LogP contribution in [0.25, 0.3) is 0 Å². The monoisotopic (exact) mass is 443 g/mol. The number of amidine groups is 2. The van der Waals surface area contributed by atoms with Crippen LogP contribution in [0.2, 0.25) is 0 Å². The molecule has 31 heavy (non-hydrogen) atoms. The van der Waals surface area contributed by atoms with Crippen molar-refractivity contribution in [3.63, 3.8) is 0 Å². The van der Waals surface area contributed by atoms with Crippen molar-refractivity contribution in [3.05, 3.63) is 91.0 Å². The van der Waals surface area contributed by atoms with Crippen LogP contribution in [-0.2, 0) is 0 Å². The van der Waals surface area contributed by atoms with E-state index >= 15 is 0 Å². The van der Waals surface area contributed by atoms with Crippen LogP contribution in [0.5, 0.6) is 0 Å². The largest absolute Gasteiger partial charge is 0.355 e. The van der Waals surface area contributed by atoms with Crippen LogP contribution < -0.4 is 4.90 Å². The van der Waals surface area contributed by atoms with E-state index in [9.17, 15) is 0 Å². The molecular weight excluding hydrogens is 422 g/mol. The van der Waals surface area contributed by atoms with Gasteiger partial charge < -0.3 is 4.90 Å². The maximum Gasteiger partial charge on any atom is 0.194 e. The lowest BCUT2D eigenvalue weighted by atomic mass is 10.3. The van der Waals surface area contributed by atoms with Crippen molar-refractivity contribution in [2.45, 2.75) is 0 Å². The molecule has 0 unspecified atom stereocenters. The Hall–Kier alpha value is -3.42. The van der Waals surface area contributed by atoms with Crippen LogP contribution in [0.3, 0.4) is 0 Å². The summed E-state index contributed by atoms with van der Waals surface area (Å²) in [5.74, 6) is 1.21. The smallest absolute Gasteiger partial charge is 0.194 e. The third-order valence-electron chi connectivity index (χ3n) is 4.58. The van der Waals surface area contributed by atoms with E-state index in [1.165, 1.54) is 0 Å². The van der Waals surface area contributed by atoms with Crippen molar-refractivity contribution < 1.29 is 0 Å². The van der Waals surface area contributed by atoms with Gasteiger partial charge in [0.05, 0.1) is 11.4 Å². The highest BCUT2D eigenvalue weighted by Crippen LogP contribution is 2.28. The Morgan fingerprint density at radius 3 is 1.65 bits per heavy atom. The number of benzene rings is 3. The Morgan fingerprint density at radius 2 is 1.16 bits per heavy atom. The first kappa shape index (κ1) is 20.8. The Labute approximate surface area is 193 Å². The SMILES string of the molecule is CN(C)C(=S)N1C(=S)N(c2ccccc2)C(=Nc2ccccc2)C1=Nc1ccccc1. The van der Waals surface area contributed by atoms with E-state index in [1.54, 1.807) is 4.90 Å². The average Bonchev–Trinajstić information content (AvgIpc) is 3.05. The number of hydrogen-bond donors (Lipinski definition) is 0. The molecule has 0 aliphatic carbocycles. The van der Waals surface area contributed by atoms with Crippen molar-refractivity contribution in [1.29, 1.82) is 0 Å². The van der Waals surface area contributed by atoms with Crippen LogP contribution in [0, 0.1) is 0 Å². The first-order valence-corrected chi connectivity index (χ1v) is 10.6. The molecule has 154 valence electrons. The van der Waals surface area contributed by atoms with Gasteiger partial charge in [0.15, 0.2) is 21.9 Å². The normalized spacial score (nSPS) is 16.3. The highest BCUT2D eigenvalue weighted by molar-refractivity contribution is 7.82. The predicted octanol–water partition coefficient (Wildman–Crippen LogP) is 5.40. The lowest BCUT2D eigenvalue weighted by Crippen LogP contribution is -2.43. The van der Waals surface area contributed by atoms with Crippen molar-refractivity contribution in [2.75, 3.05) is 19.0 Å². The molecule has 0 spiro atoms. The molecule has 1 saturated heterocycles. The van der Waals surface area contributed by atoms with Gasteiger partial charge in [-0.2, -0.15) is 0 Å². The summed E-state index contributed by atoms with van der Waals surface area (Å²) in [6, 6.07) is 29.4. The van der Waals surface area contributed by atoms with Gasteiger partial charge in [0.25, 0.3) is 0 Å². The summed E-state index contributed by atoms with van der Waals surface area (Å²) < 4.78 is 0. The van der Waals surface area contributed by atoms with Gasteiger partial charge in [-0.1, -0.05) is 54.6 Å². The second kappa shape index (κ2) is 9.16. The number of thiocarbonyl (C=S) groups is 2. The maximum absolute atomic E-state index is 5.90. The van der Waals surface area contributed by atoms with Gasteiger partial charge >= 0.3 is 0 Å². The molecule has 0 aromatic heterocycles. The van der Waals surface area contributed by atoms with Crippen LogP contribution >= 0.6 is 24.4 Å². The maximum atomic E-state index is 5.90. The Balaban J connectivity index is 1.95. The topological polar surface area (TPSA) is 34.4 Å². The fraction of sp³-hybridized carbons (Fsp3) is 0.0833. The van der Waals surface area contributed by atoms with Crippen LogP contribution in [0.15, 0.2) is 101 Å². The quantitative estimate of drug-likeness (QED) is 0.506. The molecule has 0 radical (unpaired) electrons. The van der Waals surface area contributed by atoms with Crippen molar-refractivity contribution in [1.82, 2.24) is 9.80 Å². The number of rotatable bonds is 3. The first-order chi connectivity index (χ1) is 15.1. The molecule has 0 bridgehead atoms. The molecule has 3 aromatic carbocycles. The van der Waals surface area contributed by atoms with E-state index in [0.717, 1.165) is 17.1 Å². The molecule has 0 N–H and O–H groups in total. The van der Waals surface area contributed by atoms with Crippen LogP contribution in [0.1, 0.15) is 0 Å². The summed E-state index contributed by atoms with van der Waals surface area (Å²) in [7, 11) is 3.79. The van der Waals surface area contributed by atoms with E-state index in [1.807, 2.05) is 115 Å². The van der Waals surface area contributed by atoms with E-state index in [-0.39, 0.29) is 0 Å². The zero-order chi connectivity index (χ0) is 21.8. The molecule has 1 fully saturated rings. The molecule has 7 heteroatoms. The molecule has 1 aliphatic rings. The lowest BCUT2D eigenvalue weighted by Gasteiger charge is -2.24. The Bertz CT molecular complexity index is 1140. The highest BCUT2D eigenvalue weighted by atomic mass is 32.1. The molecule has 0 saturated carbocycles. The van der Waals surface area contributed by atoms with Gasteiger partial charge in [-0.05, 0) is 60.8 Å². The lowest BCUT2D eigenvalue weighted by molar-refractivity contribution is 0.585.